The Hall–Kier alpha value is -1.91. The maximum Gasteiger partial charge on any atom is 0.339 e. The molecule has 0 atom stereocenters. The van der Waals surface area contributed by atoms with Crippen LogP contribution in [-0.2, 0) is 0 Å². The summed E-state index contributed by atoms with van der Waals surface area (Å²) < 4.78 is 11.1. The molecule has 0 amide bonds. The van der Waals surface area contributed by atoms with Gasteiger partial charge >= 0.3 is 5.97 Å². The Morgan fingerprint density at radius 1 is 1.00 bits per heavy atom. The van der Waals surface area contributed by atoms with E-state index < -0.39 is 5.97 Å². The number of hydrogen-bond acceptors (Lipinski definition) is 3. The highest BCUT2D eigenvalue weighted by Gasteiger charge is 2.25. The molecule has 0 unspecified atom stereocenters. The fourth-order valence-electron chi connectivity index (χ4n) is 1.77. The SMILES string of the molecule is O=C(O)c1cccc2c1Oc1cc(Cl)c(Cl)cc1O2. The molecule has 0 spiro atoms. The lowest BCUT2D eigenvalue weighted by molar-refractivity contribution is 0.0693. The molecule has 1 heterocycles. The lowest BCUT2D eigenvalue weighted by Gasteiger charge is -2.22. The number of ether oxygens (including phenoxy) is 2. The van der Waals surface area contributed by atoms with Crippen molar-refractivity contribution < 1.29 is 19.4 Å². The zero-order valence-corrected chi connectivity index (χ0v) is 10.8. The van der Waals surface area contributed by atoms with Gasteiger partial charge in [0.25, 0.3) is 0 Å². The number of rotatable bonds is 1. The molecule has 2 aromatic rings. The molecule has 0 aliphatic carbocycles. The van der Waals surface area contributed by atoms with Crippen molar-refractivity contribution in [1.29, 1.82) is 0 Å². The van der Waals surface area contributed by atoms with Crippen LogP contribution in [0.5, 0.6) is 23.0 Å². The molecule has 0 bridgehead atoms. The van der Waals surface area contributed by atoms with E-state index in [1.54, 1.807) is 12.1 Å². The summed E-state index contributed by atoms with van der Waals surface area (Å²) in [5, 5.41) is 9.75. The van der Waals surface area contributed by atoms with Gasteiger partial charge in [0.1, 0.15) is 5.56 Å². The van der Waals surface area contributed by atoms with Gasteiger partial charge in [0.2, 0.25) is 0 Å². The first-order valence-corrected chi connectivity index (χ1v) is 6.03. The van der Waals surface area contributed by atoms with E-state index in [4.69, 9.17) is 37.8 Å². The third-order valence-electron chi connectivity index (χ3n) is 2.63. The van der Waals surface area contributed by atoms with E-state index in [9.17, 15) is 4.79 Å². The van der Waals surface area contributed by atoms with Gasteiger partial charge in [-0.2, -0.15) is 0 Å². The summed E-state index contributed by atoms with van der Waals surface area (Å²) in [7, 11) is 0. The van der Waals surface area contributed by atoms with Crippen molar-refractivity contribution in [1.82, 2.24) is 0 Å². The summed E-state index contributed by atoms with van der Waals surface area (Å²) in [6.07, 6.45) is 0. The van der Waals surface area contributed by atoms with Crippen LogP contribution in [0.1, 0.15) is 10.4 Å². The molecule has 0 saturated carbocycles. The number of hydrogen-bond donors (Lipinski definition) is 1. The molecule has 6 heteroatoms. The molecule has 0 radical (unpaired) electrons. The van der Waals surface area contributed by atoms with Crippen molar-refractivity contribution >= 4 is 29.2 Å². The van der Waals surface area contributed by atoms with Crippen LogP contribution in [0.15, 0.2) is 30.3 Å². The standard InChI is InChI=1S/C13H6Cl2O4/c14-7-4-10-11(5-8(7)15)19-12-6(13(16)17)2-1-3-9(12)18-10/h1-5H,(H,16,17). The molecule has 0 aromatic heterocycles. The number of carboxylic acids is 1. The third-order valence-corrected chi connectivity index (χ3v) is 3.35. The van der Waals surface area contributed by atoms with Gasteiger partial charge in [0.15, 0.2) is 23.0 Å². The van der Waals surface area contributed by atoms with Gasteiger partial charge in [-0.05, 0) is 12.1 Å². The van der Waals surface area contributed by atoms with Gasteiger partial charge in [-0.25, -0.2) is 4.79 Å². The zero-order valence-electron chi connectivity index (χ0n) is 9.31. The first-order valence-electron chi connectivity index (χ1n) is 5.27. The van der Waals surface area contributed by atoms with Crippen molar-refractivity contribution in [2.24, 2.45) is 0 Å². The number of benzene rings is 2. The summed E-state index contributed by atoms with van der Waals surface area (Å²) in [6, 6.07) is 7.64. The average Bonchev–Trinajstić information content (AvgIpc) is 2.37. The van der Waals surface area contributed by atoms with Crippen LogP contribution < -0.4 is 9.47 Å². The molecular weight excluding hydrogens is 291 g/mol. The predicted molar refractivity (Wildman–Crippen MR) is 70.0 cm³/mol. The van der Waals surface area contributed by atoms with E-state index in [0.29, 0.717) is 27.3 Å². The molecule has 19 heavy (non-hydrogen) atoms. The predicted octanol–water partition coefficient (Wildman–Crippen LogP) is 4.59. The second-order valence-corrected chi connectivity index (χ2v) is 4.67. The Labute approximate surface area is 118 Å². The van der Waals surface area contributed by atoms with Gasteiger partial charge in [-0.15, -0.1) is 0 Å². The van der Waals surface area contributed by atoms with E-state index in [0.717, 1.165) is 0 Å². The molecule has 1 N–H and O–H groups in total. The van der Waals surface area contributed by atoms with Gasteiger partial charge < -0.3 is 14.6 Å². The lowest BCUT2D eigenvalue weighted by atomic mass is 10.1. The first-order chi connectivity index (χ1) is 9.06. The molecule has 0 saturated heterocycles. The summed E-state index contributed by atoms with van der Waals surface area (Å²) in [5.74, 6) is 0.107. The number of fused-ring (bicyclic) bond motifs is 2. The number of aromatic carboxylic acids is 1. The first kappa shape index (κ1) is 12.1. The highest BCUT2D eigenvalue weighted by molar-refractivity contribution is 6.42. The minimum absolute atomic E-state index is 0.0224. The fraction of sp³-hybridized carbons (Fsp3) is 0. The second kappa shape index (κ2) is 4.33. The second-order valence-electron chi connectivity index (χ2n) is 3.86. The van der Waals surface area contributed by atoms with E-state index >= 15 is 0 Å². The molecule has 1 aliphatic heterocycles. The summed E-state index contributed by atoms with van der Waals surface area (Å²) in [6.45, 7) is 0. The Bertz CT molecular complexity index is 697. The average molecular weight is 297 g/mol. The molecule has 96 valence electrons. The number of para-hydroxylation sites is 1. The number of halogens is 2. The molecular formula is C13H6Cl2O4. The van der Waals surface area contributed by atoms with E-state index in [-0.39, 0.29) is 11.3 Å². The van der Waals surface area contributed by atoms with Crippen molar-refractivity contribution in [2.45, 2.75) is 0 Å². The number of carboxylic acid groups (broad SMARTS) is 1. The van der Waals surface area contributed by atoms with Gasteiger partial charge in [-0.1, -0.05) is 29.3 Å². The molecule has 2 aromatic carbocycles. The molecule has 3 rings (SSSR count). The largest absolute Gasteiger partial charge is 0.478 e. The molecule has 1 aliphatic rings. The Morgan fingerprint density at radius 3 is 2.26 bits per heavy atom. The topological polar surface area (TPSA) is 55.8 Å². The maximum atomic E-state index is 11.1. The smallest absolute Gasteiger partial charge is 0.339 e. The monoisotopic (exact) mass is 296 g/mol. The minimum Gasteiger partial charge on any atom is -0.478 e. The van der Waals surface area contributed by atoms with E-state index in [2.05, 4.69) is 0 Å². The zero-order chi connectivity index (χ0) is 13.6. The van der Waals surface area contributed by atoms with Crippen molar-refractivity contribution in [3.8, 4) is 23.0 Å². The molecule has 0 fully saturated rings. The van der Waals surface area contributed by atoms with Crippen molar-refractivity contribution in [3.63, 3.8) is 0 Å². The maximum absolute atomic E-state index is 11.1. The summed E-state index contributed by atoms with van der Waals surface area (Å²) in [5.41, 5.74) is 0.0224. The van der Waals surface area contributed by atoms with Crippen molar-refractivity contribution in [2.75, 3.05) is 0 Å². The Kier molecular flexibility index (Phi) is 2.77. The molecule has 4 nitrogen and oxygen atoms in total. The third kappa shape index (κ3) is 1.99. The summed E-state index contributed by atoms with van der Waals surface area (Å²) >= 11 is 11.8. The fourth-order valence-corrected chi connectivity index (χ4v) is 2.08. The van der Waals surface area contributed by atoms with Gasteiger partial charge in [-0.3, -0.25) is 0 Å². The van der Waals surface area contributed by atoms with Crippen LogP contribution in [0.3, 0.4) is 0 Å². The van der Waals surface area contributed by atoms with Crippen LogP contribution in [0.2, 0.25) is 10.0 Å². The van der Waals surface area contributed by atoms with E-state index in [1.165, 1.54) is 18.2 Å². The lowest BCUT2D eigenvalue weighted by Crippen LogP contribution is -2.05. The van der Waals surface area contributed by atoms with Crippen molar-refractivity contribution in [3.05, 3.63) is 45.9 Å². The Morgan fingerprint density at radius 2 is 1.63 bits per heavy atom. The summed E-state index contributed by atoms with van der Waals surface area (Å²) in [4.78, 5) is 11.1. The van der Waals surface area contributed by atoms with E-state index in [1.807, 2.05) is 0 Å². The van der Waals surface area contributed by atoms with Gasteiger partial charge in [0.05, 0.1) is 10.0 Å². The minimum atomic E-state index is -1.09. The quantitative estimate of drug-likeness (QED) is 0.713. The van der Waals surface area contributed by atoms with Crippen LogP contribution in [0.4, 0.5) is 0 Å². The van der Waals surface area contributed by atoms with Gasteiger partial charge in [0, 0.05) is 12.1 Å². The highest BCUT2D eigenvalue weighted by atomic mass is 35.5. The Balaban J connectivity index is 2.14. The van der Waals surface area contributed by atoms with Crippen LogP contribution in [0, 0.1) is 0 Å². The normalized spacial score (nSPS) is 11.9. The van der Waals surface area contributed by atoms with Crippen LogP contribution in [0.25, 0.3) is 0 Å². The van der Waals surface area contributed by atoms with Crippen LogP contribution in [-0.4, -0.2) is 11.1 Å². The highest BCUT2D eigenvalue weighted by Crippen LogP contribution is 2.49. The van der Waals surface area contributed by atoms with Crippen LogP contribution >= 0.6 is 23.2 Å². The number of carbonyl (C=O) groups is 1.